The first-order chi connectivity index (χ1) is 26.2. The van der Waals surface area contributed by atoms with E-state index in [1.54, 1.807) is 10.6 Å². The quantitative estimate of drug-likeness (QED) is 0.0449. The zero-order valence-corrected chi connectivity index (χ0v) is 29.5. The van der Waals surface area contributed by atoms with Gasteiger partial charge in [-0.1, -0.05) is 12.1 Å². The number of hydrogen-bond acceptors (Lipinski definition) is 11. The molecule has 0 bridgehead atoms. The number of rotatable bonds is 12. The number of aliphatic hydroxyl groups excluding tert-OH is 1. The fourth-order valence-corrected chi connectivity index (χ4v) is 5.88. The minimum Gasteiger partial charge on any atom is -0.464 e. The van der Waals surface area contributed by atoms with Gasteiger partial charge in [0.15, 0.2) is 11.5 Å². The number of pyridine rings is 1. The van der Waals surface area contributed by atoms with Crippen molar-refractivity contribution in [2.75, 3.05) is 47.6 Å². The summed E-state index contributed by atoms with van der Waals surface area (Å²) >= 11 is 0. The SMILES string of the molecule is CN(C)CCn1c(=O)c2cc(OC(=O)N(C)CCOC(=O)CCC(=O)Oc3c(F)c(F)c(F)c(F)c3F)c(CO)cc2c2ccc3cc4c(cc3c21)OCO4. The van der Waals surface area contributed by atoms with Crippen molar-refractivity contribution in [3.63, 3.8) is 0 Å². The molecule has 0 atom stereocenters. The maximum atomic E-state index is 14.2. The van der Waals surface area contributed by atoms with Crippen LogP contribution in [-0.2, 0) is 27.5 Å². The summed E-state index contributed by atoms with van der Waals surface area (Å²) in [5, 5.41) is 13.3. The predicted octanol–water partition coefficient (Wildman–Crippen LogP) is 5.15. The minimum absolute atomic E-state index is 0.0740. The van der Waals surface area contributed by atoms with Gasteiger partial charge in [0, 0.05) is 36.5 Å². The molecule has 0 radical (unpaired) electrons. The highest BCUT2D eigenvalue weighted by molar-refractivity contribution is 6.16. The summed E-state index contributed by atoms with van der Waals surface area (Å²) in [6.07, 6.45) is -2.47. The van der Waals surface area contributed by atoms with Gasteiger partial charge in [-0.25, -0.2) is 18.0 Å². The van der Waals surface area contributed by atoms with Gasteiger partial charge in [-0.05, 0) is 49.1 Å². The number of halogens is 5. The van der Waals surface area contributed by atoms with Gasteiger partial charge in [-0.15, -0.1) is 0 Å². The average molecular weight is 774 g/mol. The van der Waals surface area contributed by atoms with Crippen LogP contribution in [0.2, 0.25) is 0 Å². The number of amides is 1. The second-order valence-corrected chi connectivity index (χ2v) is 12.7. The molecule has 2 heterocycles. The lowest BCUT2D eigenvalue weighted by atomic mass is 9.98. The van der Waals surface area contributed by atoms with E-state index in [2.05, 4.69) is 4.74 Å². The molecule has 0 fully saturated rings. The maximum absolute atomic E-state index is 14.2. The average Bonchev–Trinajstić information content (AvgIpc) is 3.63. The van der Waals surface area contributed by atoms with Crippen LogP contribution < -0.4 is 24.5 Å². The van der Waals surface area contributed by atoms with Gasteiger partial charge in [-0.2, -0.15) is 8.78 Å². The van der Waals surface area contributed by atoms with E-state index in [4.69, 9.17) is 18.9 Å². The van der Waals surface area contributed by atoms with E-state index < -0.39 is 78.9 Å². The van der Waals surface area contributed by atoms with E-state index in [1.165, 1.54) is 13.1 Å². The molecule has 0 saturated heterocycles. The van der Waals surface area contributed by atoms with Crippen molar-refractivity contribution in [1.82, 2.24) is 14.4 Å². The maximum Gasteiger partial charge on any atom is 0.415 e. The van der Waals surface area contributed by atoms with E-state index >= 15 is 0 Å². The Hall–Kier alpha value is -6.01. The Morgan fingerprint density at radius 2 is 1.44 bits per heavy atom. The Kier molecular flexibility index (Phi) is 11.1. The molecule has 0 spiro atoms. The Morgan fingerprint density at radius 1 is 0.782 bits per heavy atom. The number of likely N-dealkylation sites (N-methyl/N-ethyl adjacent to an activating group) is 2. The summed E-state index contributed by atoms with van der Waals surface area (Å²) in [5.41, 5.74) is 0.486. The van der Waals surface area contributed by atoms with E-state index in [9.17, 15) is 46.2 Å². The number of fused-ring (bicyclic) bond motifs is 6. The fourth-order valence-electron chi connectivity index (χ4n) is 5.88. The molecule has 6 rings (SSSR count). The molecule has 1 amide bonds. The first-order valence-corrected chi connectivity index (χ1v) is 16.6. The molecule has 1 aliphatic heterocycles. The monoisotopic (exact) mass is 773 g/mol. The Labute approximate surface area is 307 Å². The Balaban J connectivity index is 1.15. The normalized spacial score (nSPS) is 12.2. The number of hydrogen-bond donors (Lipinski definition) is 1. The van der Waals surface area contributed by atoms with Gasteiger partial charge in [-0.3, -0.25) is 14.4 Å². The van der Waals surface area contributed by atoms with Crippen molar-refractivity contribution < 1.29 is 65.1 Å². The van der Waals surface area contributed by atoms with Crippen LogP contribution in [0.25, 0.3) is 32.4 Å². The molecular weight excluding hydrogens is 741 g/mol. The minimum atomic E-state index is -2.43. The molecule has 55 heavy (non-hydrogen) atoms. The molecule has 0 aliphatic carbocycles. The van der Waals surface area contributed by atoms with Crippen molar-refractivity contribution in [3.8, 4) is 23.0 Å². The van der Waals surface area contributed by atoms with Crippen molar-refractivity contribution in [2.24, 2.45) is 0 Å². The van der Waals surface area contributed by atoms with Gasteiger partial charge in [0.2, 0.25) is 41.6 Å². The van der Waals surface area contributed by atoms with Crippen molar-refractivity contribution >= 4 is 50.5 Å². The van der Waals surface area contributed by atoms with Crippen molar-refractivity contribution in [1.29, 1.82) is 0 Å². The highest BCUT2D eigenvalue weighted by Gasteiger charge is 2.29. The smallest absolute Gasteiger partial charge is 0.415 e. The number of ether oxygens (including phenoxy) is 5. The van der Waals surface area contributed by atoms with E-state index in [0.29, 0.717) is 40.9 Å². The second kappa shape index (κ2) is 15.8. The third-order valence-electron chi connectivity index (χ3n) is 8.78. The van der Waals surface area contributed by atoms with Crippen molar-refractivity contribution in [2.45, 2.75) is 26.0 Å². The molecule has 1 N–H and O–H groups in total. The first-order valence-electron chi connectivity index (χ1n) is 16.6. The summed E-state index contributed by atoms with van der Waals surface area (Å²) in [4.78, 5) is 54.3. The number of carbonyl (C=O) groups excluding carboxylic acids is 3. The molecule has 0 unspecified atom stereocenters. The standard InChI is InChI=1S/C37H32F5N3O10/c1-43(2)8-9-45-34-20(5-4-18-13-25-26(14-21(18)34)53-17-52-25)22-12-19(16-46)24(15-23(22)36(45)49)54-37(50)44(3)10-11-51-27(47)6-7-28(48)55-35-32(41)30(39)29(38)31(40)33(35)42/h4-5,12-15,46H,6-11,16-17H2,1-3H3. The number of esters is 2. The van der Waals surface area contributed by atoms with Crippen LogP contribution in [0.5, 0.6) is 23.0 Å². The third-order valence-corrected chi connectivity index (χ3v) is 8.78. The zero-order valence-electron chi connectivity index (χ0n) is 29.5. The molecule has 1 aromatic heterocycles. The zero-order chi connectivity index (χ0) is 39.7. The molecule has 13 nitrogen and oxygen atoms in total. The van der Waals surface area contributed by atoms with Crippen LogP contribution in [0.3, 0.4) is 0 Å². The Morgan fingerprint density at radius 3 is 2.11 bits per heavy atom. The first kappa shape index (κ1) is 38.7. The van der Waals surface area contributed by atoms with E-state index in [1.807, 2.05) is 43.3 Å². The number of aliphatic hydroxyl groups is 1. The predicted molar refractivity (Wildman–Crippen MR) is 185 cm³/mol. The van der Waals surface area contributed by atoms with Crippen LogP contribution in [0.1, 0.15) is 18.4 Å². The van der Waals surface area contributed by atoms with Gasteiger partial charge < -0.3 is 43.2 Å². The molecule has 4 aromatic carbocycles. The van der Waals surface area contributed by atoms with Crippen LogP contribution in [0.15, 0.2) is 41.2 Å². The summed E-state index contributed by atoms with van der Waals surface area (Å²) in [6.45, 7) is -0.269. The summed E-state index contributed by atoms with van der Waals surface area (Å²) in [6, 6.07) is 10.4. The summed E-state index contributed by atoms with van der Waals surface area (Å²) in [7, 11) is 5.07. The van der Waals surface area contributed by atoms with E-state index in [0.717, 1.165) is 15.7 Å². The lowest BCUT2D eigenvalue weighted by Gasteiger charge is -2.20. The topological polar surface area (TPSA) is 146 Å². The highest BCUT2D eigenvalue weighted by Crippen LogP contribution is 2.40. The fraction of sp³-hybridized carbons (Fsp3) is 0.297. The molecule has 5 aromatic rings. The highest BCUT2D eigenvalue weighted by atomic mass is 19.2. The Bertz CT molecular complexity index is 2410. The molecular formula is C37H32F5N3O10. The number of aromatic nitrogens is 1. The number of carbonyl (C=O) groups is 3. The number of nitrogens with zero attached hydrogens (tertiary/aromatic N) is 3. The lowest BCUT2D eigenvalue weighted by molar-refractivity contribution is -0.147. The van der Waals surface area contributed by atoms with Crippen LogP contribution >= 0.6 is 0 Å². The molecule has 0 saturated carbocycles. The largest absolute Gasteiger partial charge is 0.464 e. The molecule has 18 heteroatoms. The van der Waals surface area contributed by atoms with Crippen LogP contribution in [0, 0.1) is 29.1 Å². The second-order valence-electron chi connectivity index (χ2n) is 12.7. The molecule has 1 aliphatic rings. The molecule has 290 valence electrons. The van der Waals surface area contributed by atoms with Gasteiger partial charge in [0.05, 0.1) is 36.9 Å². The summed E-state index contributed by atoms with van der Waals surface area (Å²) < 4.78 is 95.1. The van der Waals surface area contributed by atoms with E-state index in [-0.39, 0.29) is 35.6 Å². The van der Waals surface area contributed by atoms with Gasteiger partial charge in [0.1, 0.15) is 12.4 Å². The van der Waals surface area contributed by atoms with Gasteiger partial charge in [0.25, 0.3) is 5.56 Å². The lowest BCUT2D eigenvalue weighted by Crippen LogP contribution is -2.33. The van der Waals surface area contributed by atoms with Gasteiger partial charge >= 0.3 is 18.0 Å². The number of benzene rings is 4. The summed E-state index contributed by atoms with van der Waals surface area (Å²) in [5.74, 6) is -15.0. The van der Waals surface area contributed by atoms with Crippen LogP contribution in [0.4, 0.5) is 26.7 Å². The third kappa shape index (κ3) is 7.68. The van der Waals surface area contributed by atoms with Crippen molar-refractivity contribution in [3.05, 3.63) is 81.4 Å². The van der Waals surface area contributed by atoms with Crippen LogP contribution in [-0.4, -0.2) is 85.1 Å².